The molecule has 0 saturated carbocycles. The van der Waals surface area contributed by atoms with Gasteiger partial charge in [0.25, 0.3) is 0 Å². The van der Waals surface area contributed by atoms with E-state index in [-0.39, 0.29) is 12.1 Å². The van der Waals surface area contributed by atoms with Crippen LogP contribution in [0.4, 0.5) is 3.89 Å². The van der Waals surface area contributed by atoms with Crippen molar-refractivity contribution in [3.63, 3.8) is 0 Å². The minimum atomic E-state index is -4.79. The van der Waals surface area contributed by atoms with Crippen molar-refractivity contribution in [2.24, 2.45) is 5.11 Å². The quantitative estimate of drug-likeness (QED) is 0.360. The van der Waals surface area contributed by atoms with Gasteiger partial charge in [0.05, 0.1) is 17.5 Å². The number of hydrogen-bond acceptors (Lipinski definition) is 5. The van der Waals surface area contributed by atoms with E-state index in [4.69, 9.17) is 5.53 Å². The Morgan fingerprint density at radius 2 is 1.89 bits per heavy atom. The molecule has 2 unspecified atom stereocenters. The minimum Gasteiger partial charge on any atom is -0.390 e. The maximum absolute atomic E-state index is 12.6. The molecule has 0 saturated heterocycles. The summed E-state index contributed by atoms with van der Waals surface area (Å²) in [6.07, 6.45) is -2.68. The Morgan fingerprint density at radius 3 is 2.33 bits per heavy atom. The molecule has 9 heteroatoms. The molecule has 0 spiro atoms. The standard InChI is InChI=1S/C9H10FN3O4S/c10-18(16,17)7-3-1-6(2-4-7)9(15)8(14)5-12-13-11/h1-4,8-9,14-15H,5H2. The number of halogens is 1. The summed E-state index contributed by atoms with van der Waals surface area (Å²) in [5.74, 6) is 0. The molecule has 0 amide bonds. The highest BCUT2D eigenvalue weighted by Gasteiger charge is 2.19. The lowest BCUT2D eigenvalue weighted by molar-refractivity contribution is 0.0244. The van der Waals surface area contributed by atoms with Crippen LogP contribution in [-0.4, -0.2) is 31.3 Å². The zero-order valence-electron chi connectivity index (χ0n) is 9.01. The summed E-state index contributed by atoms with van der Waals surface area (Å²) in [5, 5.41) is 22.1. The fraction of sp³-hybridized carbons (Fsp3) is 0.333. The molecule has 7 nitrogen and oxygen atoms in total. The minimum absolute atomic E-state index is 0.183. The molecule has 0 aliphatic carbocycles. The van der Waals surface area contributed by atoms with Gasteiger partial charge in [0.15, 0.2) is 0 Å². The van der Waals surface area contributed by atoms with Gasteiger partial charge in [0.1, 0.15) is 6.10 Å². The fourth-order valence-corrected chi connectivity index (χ4v) is 1.73. The Bertz CT molecular complexity index is 554. The Labute approximate surface area is 102 Å². The number of rotatable bonds is 5. The van der Waals surface area contributed by atoms with Gasteiger partial charge in [0, 0.05) is 4.91 Å². The molecule has 18 heavy (non-hydrogen) atoms. The van der Waals surface area contributed by atoms with Crippen LogP contribution in [0.15, 0.2) is 34.3 Å². The summed E-state index contributed by atoms with van der Waals surface area (Å²) >= 11 is 0. The third-order valence-corrected chi connectivity index (χ3v) is 3.03. The van der Waals surface area contributed by atoms with Crippen molar-refractivity contribution in [3.8, 4) is 0 Å². The van der Waals surface area contributed by atoms with Crippen molar-refractivity contribution in [2.75, 3.05) is 6.54 Å². The Balaban J connectivity index is 2.88. The summed E-state index contributed by atoms with van der Waals surface area (Å²) < 4.78 is 33.7. The second kappa shape index (κ2) is 5.78. The summed E-state index contributed by atoms with van der Waals surface area (Å²) in [6.45, 7) is -0.333. The first-order chi connectivity index (χ1) is 8.36. The van der Waals surface area contributed by atoms with Crippen molar-refractivity contribution in [2.45, 2.75) is 17.1 Å². The molecule has 1 rings (SSSR count). The number of benzene rings is 1. The molecule has 1 aromatic rings. The van der Waals surface area contributed by atoms with Crippen LogP contribution in [0.1, 0.15) is 11.7 Å². The Hall–Kier alpha value is -1.67. The predicted molar refractivity (Wildman–Crippen MR) is 59.7 cm³/mol. The van der Waals surface area contributed by atoms with Crippen LogP contribution in [0.5, 0.6) is 0 Å². The predicted octanol–water partition coefficient (Wildman–Crippen LogP) is 1.05. The van der Waals surface area contributed by atoms with Crippen molar-refractivity contribution in [1.82, 2.24) is 0 Å². The summed E-state index contributed by atoms with van der Waals surface area (Å²) in [5.41, 5.74) is 8.23. The molecule has 0 aliphatic heterocycles. The van der Waals surface area contributed by atoms with Crippen molar-refractivity contribution >= 4 is 10.2 Å². The van der Waals surface area contributed by atoms with E-state index < -0.39 is 27.3 Å². The highest BCUT2D eigenvalue weighted by molar-refractivity contribution is 7.86. The largest absolute Gasteiger partial charge is 0.390 e. The Kier molecular flexibility index (Phi) is 4.62. The van der Waals surface area contributed by atoms with Crippen LogP contribution in [-0.2, 0) is 10.2 Å². The topological polar surface area (TPSA) is 123 Å². The van der Waals surface area contributed by atoms with Crippen LogP contribution in [0.2, 0.25) is 0 Å². The lowest BCUT2D eigenvalue weighted by atomic mass is 10.0. The maximum atomic E-state index is 12.6. The van der Waals surface area contributed by atoms with Crippen molar-refractivity contribution < 1.29 is 22.5 Å². The summed E-state index contributed by atoms with van der Waals surface area (Å²) in [6, 6.07) is 4.26. The van der Waals surface area contributed by atoms with Gasteiger partial charge in [-0.3, -0.25) is 0 Å². The molecular weight excluding hydrogens is 265 g/mol. The van der Waals surface area contributed by atoms with Gasteiger partial charge < -0.3 is 10.2 Å². The number of aliphatic hydroxyl groups excluding tert-OH is 2. The average molecular weight is 275 g/mol. The van der Waals surface area contributed by atoms with Gasteiger partial charge in [-0.1, -0.05) is 17.2 Å². The number of azide groups is 1. The molecule has 0 heterocycles. The van der Waals surface area contributed by atoms with E-state index in [1.807, 2.05) is 0 Å². The highest BCUT2D eigenvalue weighted by atomic mass is 32.3. The second-order valence-corrected chi connectivity index (χ2v) is 4.78. The first kappa shape index (κ1) is 14.4. The molecule has 0 aromatic heterocycles. The van der Waals surface area contributed by atoms with Gasteiger partial charge >= 0.3 is 10.2 Å². The van der Waals surface area contributed by atoms with Gasteiger partial charge in [0.2, 0.25) is 0 Å². The van der Waals surface area contributed by atoms with E-state index >= 15 is 0 Å². The fourth-order valence-electron chi connectivity index (χ4n) is 1.27. The van der Waals surface area contributed by atoms with E-state index in [1.165, 1.54) is 0 Å². The molecule has 0 radical (unpaired) electrons. The first-order valence-corrected chi connectivity index (χ1v) is 6.16. The molecule has 2 atom stereocenters. The van der Waals surface area contributed by atoms with Gasteiger partial charge in [-0.05, 0) is 23.2 Å². The molecule has 0 fully saturated rings. The van der Waals surface area contributed by atoms with Crippen molar-refractivity contribution in [3.05, 3.63) is 40.3 Å². The summed E-state index contributed by atoms with van der Waals surface area (Å²) in [7, 11) is -4.79. The molecule has 98 valence electrons. The highest BCUT2D eigenvalue weighted by Crippen LogP contribution is 2.20. The lowest BCUT2D eigenvalue weighted by Crippen LogP contribution is -2.21. The van der Waals surface area contributed by atoms with Crippen molar-refractivity contribution in [1.29, 1.82) is 0 Å². The van der Waals surface area contributed by atoms with E-state index in [0.29, 0.717) is 0 Å². The molecule has 0 bridgehead atoms. The second-order valence-electron chi connectivity index (χ2n) is 3.43. The third kappa shape index (κ3) is 3.67. The van der Waals surface area contributed by atoms with Crippen LogP contribution in [0.3, 0.4) is 0 Å². The SMILES string of the molecule is [N-]=[N+]=NCC(O)C(O)c1ccc(S(=O)(=O)F)cc1. The average Bonchev–Trinajstić information content (AvgIpc) is 2.34. The third-order valence-electron chi connectivity index (χ3n) is 2.20. The first-order valence-electron chi connectivity index (χ1n) is 4.78. The van der Waals surface area contributed by atoms with E-state index in [1.54, 1.807) is 0 Å². The monoisotopic (exact) mass is 275 g/mol. The zero-order valence-corrected chi connectivity index (χ0v) is 9.83. The smallest absolute Gasteiger partial charge is 0.332 e. The summed E-state index contributed by atoms with van der Waals surface area (Å²) in [4.78, 5) is 1.88. The van der Waals surface area contributed by atoms with Crippen LogP contribution in [0.25, 0.3) is 10.4 Å². The van der Waals surface area contributed by atoms with E-state index in [2.05, 4.69) is 10.0 Å². The van der Waals surface area contributed by atoms with Gasteiger partial charge in [-0.25, -0.2) is 0 Å². The van der Waals surface area contributed by atoms with Crippen LogP contribution >= 0.6 is 0 Å². The Morgan fingerprint density at radius 1 is 1.33 bits per heavy atom. The maximum Gasteiger partial charge on any atom is 0.332 e. The van der Waals surface area contributed by atoms with Crippen LogP contribution < -0.4 is 0 Å². The van der Waals surface area contributed by atoms with E-state index in [9.17, 15) is 22.5 Å². The number of nitrogens with zero attached hydrogens (tertiary/aromatic N) is 3. The van der Waals surface area contributed by atoms with E-state index in [0.717, 1.165) is 24.3 Å². The molecule has 0 aliphatic rings. The normalized spacial score (nSPS) is 14.6. The lowest BCUT2D eigenvalue weighted by Gasteiger charge is -2.16. The molecular formula is C9H10FN3O4S. The van der Waals surface area contributed by atoms with Crippen LogP contribution in [0, 0.1) is 0 Å². The van der Waals surface area contributed by atoms with Gasteiger partial charge in [-0.15, -0.1) is 3.89 Å². The molecule has 1 aromatic carbocycles. The molecule has 2 N–H and O–H groups in total. The zero-order chi connectivity index (χ0) is 13.8. The number of aliphatic hydroxyl groups is 2. The van der Waals surface area contributed by atoms with Gasteiger partial charge in [-0.2, -0.15) is 8.42 Å². The number of hydrogen-bond donors (Lipinski definition) is 2.